The molecular weight excluding hydrogens is 202 g/mol. The monoisotopic (exact) mass is 221 g/mol. The second-order valence-electron chi connectivity index (χ2n) is 4.19. The summed E-state index contributed by atoms with van der Waals surface area (Å²) in [5.74, 6) is 0. The normalized spacial score (nSPS) is 20.4. The Hall–Kier alpha value is -1.06. The minimum absolute atomic E-state index is 0.164. The lowest BCUT2D eigenvalue weighted by molar-refractivity contribution is 0.134. The van der Waals surface area contributed by atoms with E-state index in [-0.39, 0.29) is 6.10 Å². The molecule has 0 amide bonds. The maximum Gasteiger partial charge on any atom is 0.0731 e. The Kier molecular flexibility index (Phi) is 3.80. The van der Waals surface area contributed by atoms with Crippen LogP contribution in [0.4, 0.5) is 5.69 Å². The standard InChI is InChI=1S/C13H19NO2/c1-2-16-10-11-3-5-12(6-4-11)14-8-7-13(15)9-14/h3-6,13,15H,2,7-10H2,1H3/t13-/m1/s1. The van der Waals surface area contributed by atoms with E-state index in [1.54, 1.807) is 0 Å². The molecule has 1 N–H and O–H groups in total. The van der Waals surface area contributed by atoms with Crippen molar-refractivity contribution in [3.63, 3.8) is 0 Å². The van der Waals surface area contributed by atoms with Gasteiger partial charge in [-0.25, -0.2) is 0 Å². The summed E-state index contributed by atoms with van der Waals surface area (Å²) in [4.78, 5) is 2.22. The van der Waals surface area contributed by atoms with Gasteiger partial charge in [-0.1, -0.05) is 12.1 Å². The van der Waals surface area contributed by atoms with Gasteiger partial charge in [0.15, 0.2) is 0 Å². The van der Waals surface area contributed by atoms with Crippen molar-refractivity contribution in [1.82, 2.24) is 0 Å². The van der Waals surface area contributed by atoms with E-state index in [0.29, 0.717) is 6.61 Å². The van der Waals surface area contributed by atoms with Gasteiger partial charge in [0.25, 0.3) is 0 Å². The van der Waals surface area contributed by atoms with Crippen LogP contribution in [-0.2, 0) is 11.3 Å². The molecule has 1 saturated heterocycles. The van der Waals surface area contributed by atoms with Gasteiger partial charge < -0.3 is 14.7 Å². The molecule has 0 bridgehead atoms. The van der Waals surface area contributed by atoms with Crippen molar-refractivity contribution >= 4 is 5.69 Å². The maximum absolute atomic E-state index is 9.47. The fourth-order valence-corrected chi connectivity index (χ4v) is 2.00. The van der Waals surface area contributed by atoms with E-state index in [1.807, 2.05) is 6.92 Å². The van der Waals surface area contributed by atoms with Crippen molar-refractivity contribution in [1.29, 1.82) is 0 Å². The molecule has 0 saturated carbocycles. The number of β-amino-alcohol motifs (C(OH)–C–C–N with tert-alkyl or cyclic N) is 1. The van der Waals surface area contributed by atoms with E-state index in [9.17, 15) is 5.11 Å². The average molecular weight is 221 g/mol. The molecule has 1 fully saturated rings. The zero-order valence-electron chi connectivity index (χ0n) is 9.72. The van der Waals surface area contributed by atoms with E-state index in [1.165, 1.54) is 11.3 Å². The van der Waals surface area contributed by atoms with Gasteiger partial charge in [-0.3, -0.25) is 0 Å². The molecule has 1 atom stereocenters. The summed E-state index contributed by atoms with van der Waals surface area (Å²) in [7, 11) is 0. The highest BCUT2D eigenvalue weighted by atomic mass is 16.5. The van der Waals surface area contributed by atoms with Crippen LogP contribution in [0.2, 0.25) is 0 Å². The summed E-state index contributed by atoms with van der Waals surface area (Å²) in [6.45, 7) is 5.14. The fourth-order valence-electron chi connectivity index (χ4n) is 2.00. The van der Waals surface area contributed by atoms with Crippen LogP contribution in [0.15, 0.2) is 24.3 Å². The predicted molar refractivity (Wildman–Crippen MR) is 64.6 cm³/mol. The Morgan fingerprint density at radius 2 is 2.12 bits per heavy atom. The minimum atomic E-state index is -0.164. The average Bonchev–Trinajstić information content (AvgIpc) is 2.74. The molecule has 0 aromatic heterocycles. The highest BCUT2D eigenvalue weighted by Gasteiger charge is 2.19. The molecule has 1 aliphatic heterocycles. The number of hydrogen-bond acceptors (Lipinski definition) is 3. The summed E-state index contributed by atoms with van der Waals surface area (Å²) in [6, 6.07) is 8.39. The molecule has 2 rings (SSSR count). The van der Waals surface area contributed by atoms with E-state index in [2.05, 4.69) is 29.2 Å². The molecule has 16 heavy (non-hydrogen) atoms. The highest BCUT2D eigenvalue weighted by Crippen LogP contribution is 2.20. The second kappa shape index (κ2) is 5.32. The van der Waals surface area contributed by atoms with E-state index < -0.39 is 0 Å². The van der Waals surface area contributed by atoms with Crippen LogP contribution in [0.5, 0.6) is 0 Å². The highest BCUT2D eigenvalue weighted by molar-refractivity contribution is 5.48. The number of aliphatic hydroxyl groups excluding tert-OH is 1. The Morgan fingerprint density at radius 1 is 1.38 bits per heavy atom. The maximum atomic E-state index is 9.47. The van der Waals surface area contributed by atoms with Gasteiger partial charge in [0.2, 0.25) is 0 Å². The molecule has 1 aromatic carbocycles. The van der Waals surface area contributed by atoms with Crippen molar-refractivity contribution in [2.24, 2.45) is 0 Å². The quantitative estimate of drug-likeness (QED) is 0.841. The Balaban J connectivity index is 1.96. The van der Waals surface area contributed by atoms with Crippen LogP contribution in [0.3, 0.4) is 0 Å². The van der Waals surface area contributed by atoms with Gasteiger partial charge >= 0.3 is 0 Å². The molecular formula is C13H19NO2. The first-order chi connectivity index (χ1) is 7.79. The van der Waals surface area contributed by atoms with E-state index in [0.717, 1.165) is 26.1 Å². The van der Waals surface area contributed by atoms with Crippen LogP contribution in [0, 0.1) is 0 Å². The number of rotatable bonds is 4. The number of aliphatic hydroxyl groups is 1. The van der Waals surface area contributed by atoms with Crippen molar-refractivity contribution in [2.45, 2.75) is 26.1 Å². The molecule has 1 aromatic rings. The number of nitrogens with zero attached hydrogens (tertiary/aromatic N) is 1. The lowest BCUT2D eigenvalue weighted by Crippen LogP contribution is -2.20. The number of hydrogen-bond donors (Lipinski definition) is 1. The molecule has 1 aliphatic rings. The van der Waals surface area contributed by atoms with Gasteiger partial charge in [-0.15, -0.1) is 0 Å². The summed E-state index contributed by atoms with van der Waals surface area (Å²) >= 11 is 0. The van der Waals surface area contributed by atoms with E-state index in [4.69, 9.17) is 4.74 Å². The third-order valence-corrected chi connectivity index (χ3v) is 2.94. The van der Waals surface area contributed by atoms with E-state index >= 15 is 0 Å². The third kappa shape index (κ3) is 2.74. The third-order valence-electron chi connectivity index (χ3n) is 2.94. The first-order valence-corrected chi connectivity index (χ1v) is 5.89. The van der Waals surface area contributed by atoms with Gasteiger partial charge in [-0.05, 0) is 31.0 Å². The molecule has 0 aliphatic carbocycles. The van der Waals surface area contributed by atoms with Crippen molar-refractivity contribution in [2.75, 3.05) is 24.6 Å². The Bertz CT molecular complexity index is 323. The van der Waals surface area contributed by atoms with Gasteiger partial charge in [0, 0.05) is 25.4 Å². The summed E-state index contributed by atoms with van der Waals surface area (Å²) in [6.07, 6.45) is 0.712. The predicted octanol–water partition coefficient (Wildman–Crippen LogP) is 1.79. The van der Waals surface area contributed by atoms with Crippen LogP contribution in [0.25, 0.3) is 0 Å². The van der Waals surface area contributed by atoms with Crippen molar-refractivity contribution in [3.8, 4) is 0 Å². The lowest BCUT2D eigenvalue weighted by Gasteiger charge is -2.18. The Labute approximate surface area is 96.6 Å². The second-order valence-corrected chi connectivity index (χ2v) is 4.19. The largest absolute Gasteiger partial charge is 0.391 e. The molecule has 1 heterocycles. The SMILES string of the molecule is CCOCc1ccc(N2CC[C@@H](O)C2)cc1. The van der Waals surface area contributed by atoms with Crippen LogP contribution in [0.1, 0.15) is 18.9 Å². The molecule has 0 spiro atoms. The Morgan fingerprint density at radius 3 is 2.69 bits per heavy atom. The molecule has 88 valence electrons. The summed E-state index contributed by atoms with van der Waals surface area (Å²) < 4.78 is 5.35. The first kappa shape index (κ1) is 11.4. The minimum Gasteiger partial charge on any atom is -0.391 e. The number of ether oxygens (including phenoxy) is 1. The number of anilines is 1. The zero-order valence-corrected chi connectivity index (χ0v) is 9.72. The van der Waals surface area contributed by atoms with Crippen molar-refractivity contribution < 1.29 is 9.84 Å². The molecule has 0 unspecified atom stereocenters. The number of benzene rings is 1. The topological polar surface area (TPSA) is 32.7 Å². The summed E-state index contributed by atoms with van der Waals surface area (Å²) in [5.41, 5.74) is 2.39. The van der Waals surface area contributed by atoms with Gasteiger partial charge in [0.1, 0.15) is 0 Å². The van der Waals surface area contributed by atoms with Crippen LogP contribution >= 0.6 is 0 Å². The van der Waals surface area contributed by atoms with Gasteiger partial charge in [-0.2, -0.15) is 0 Å². The zero-order chi connectivity index (χ0) is 11.4. The first-order valence-electron chi connectivity index (χ1n) is 5.89. The lowest BCUT2D eigenvalue weighted by atomic mass is 10.2. The smallest absolute Gasteiger partial charge is 0.0731 e. The van der Waals surface area contributed by atoms with Crippen LogP contribution < -0.4 is 4.90 Å². The van der Waals surface area contributed by atoms with Crippen molar-refractivity contribution in [3.05, 3.63) is 29.8 Å². The molecule has 3 heteroatoms. The van der Waals surface area contributed by atoms with Crippen LogP contribution in [-0.4, -0.2) is 30.9 Å². The summed E-state index contributed by atoms with van der Waals surface area (Å²) in [5, 5.41) is 9.47. The fraction of sp³-hybridized carbons (Fsp3) is 0.538. The van der Waals surface area contributed by atoms with Gasteiger partial charge in [0.05, 0.1) is 12.7 Å². The molecule has 0 radical (unpaired) electrons. The molecule has 3 nitrogen and oxygen atoms in total.